The maximum absolute atomic E-state index is 11.6. The van der Waals surface area contributed by atoms with Crippen LogP contribution in [0.1, 0.15) is 23.2 Å². The number of carbonyl (C=O) groups excluding carboxylic acids is 1. The lowest BCUT2D eigenvalue weighted by atomic mass is 9.97. The summed E-state index contributed by atoms with van der Waals surface area (Å²) in [5, 5.41) is 3.39. The first-order chi connectivity index (χ1) is 9.60. The molecule has 20 heavy (non-hydrogen) atoms. The van der Waals surface area contributed by atoms with Crippen LogP contribution in [0.2, 0.25) is 0 Å². The van der Waals surface area contributed by atoms with Crippen LogP contribution in [0.4, 0.5) is 11.4 Å². The zero-order valence-electron chi connectivity index (χ0n) is 12.2. The first-order valence-electron chi connectivity index (χ1n) is 7.00. The topological polar surface area (TPSA) is 67.6 Å². The van der Waals surface area contributed by atoms with Crippen molar-refractivity contribution < 1.29 is 9.53 Å². The highest BCUT2D eigenvalue weighted by molar-refractivity contribution is 5.96. The van der Waals surface area contributed by atoms with Crippen molar-refractivity contribution in [2.75, 3.05) is 44.8 Å². The number of anilines is 2. The van der Waals surface area contributed by atoms with Gasteiger partial charge >= 0.3 is 5.97 Å². The number of hydrogen-bond donors (Lipinski definition) is 2. The Kier molecular flexibility index (Phi) is 4.84. The van der Waals surface area contributed by atoms with Crippen LogP contribution in [-0.2, 0) is 4.74 Å². The van der Waals surface area contributed by atoms with E-state index in [1.165, 1.54) is 20.0 Å². The quantitative estimate of drug-likeness (QED) is 0.649. The van der Waals surface area contributed by atoms with Gasteiger partial charge in [0, 0.05) is 17.9 Å². The van der Waals surface area contributed by atoms with Gasteiger partial charge in [-0.1, -0.05) is 0 Å². The average Bonchev–Trinajstić information content (AvgIpc) is 2.47. The molecule has 0 radical (unpaired) electrons. The van der Waals surface area contributed by atoms with Crippen molar-refractivity contribution in [3.63, 3.8) is 0 Å². The molecule has 1 saturated heterocycles. The Morgan fingerprint density at radius 2 is 2.15 bits per heavy atom. The van der Waals surface area contributed by atoms with Crippen LogP contribution in [0.25, 0.3) is 0 Å². The van der Waals surface area contributed by atoms with Crippen LogP contribution in [0.3, 0.4) is 0 Å². The van der Waals surface area contributed by atoms with Gasteiger partial charge in [0.25, 0.3) is 0 Å². The fraction of sp³-hybridized carbons (Fsp3) is 0.533. The molecule has 1 aromatic carbocycles. The molecule has 0 spiro atoms. The van der Waals surface area contributed by atoms with E-state index in [1.54, 1.807) is 12.1 Å². The van der Waals surface area contributed by atoms with Crippen molar-refractivity contribution >= 4 is 17.3 Å². The molecule has 5 heteroatoms. The number of ether oxygens (including phenoxy) is 1. The number of hydrogen-bond acceptors (Lipinski definition) is 5. The average molecular weight is 277 g/mol. The molecule has 0 atom stereocenters. The predicted molar refractivity (Wildman–Crippen MR) is 80.9 cm³/mol. The highest BCUT2D eigenvalue weighted by Crippen LogP contribution is 2.21. The van der Waals surface area contributed by atoms with Gasteiger partial charge in [-0.2, -0.15) is 0 Å². The molecule has 1 aliphatic rings. The Hall–Kier alpha value is -1.75. The lowest BCUT2D eigenvalue weighted by Gasteiger charge is -2.29. The van der Waals surface area contributed by atoms with Crippen molar-refractivity contribution in [1.29, 1.82) is 0 Å². The van der Waals surface area contributed by atoms with Gasteiger partial charge in [0.15, 0.2) is 0 Å². The summed E-state index contributed by atoms with van der Waals surface area (Å²) in [5.74, 6) is 0.288. The summed E-state index contributed by atoms with van der Waals surface area (Å²) in [7, 11) is 3.52. The normalized spacial score (nSPS) is 16.9. The maximum atomic E-state index is 11.6. The highest BCUT2D eigenvalue weighted by atomic mass is 16.5. The van der Waals surface area contributed by atoms with Gasteiger partial charge in [0.1, 0.15) is 0 Å². The molecule has 0 bridgehead atoms. The fourth-order valence-electron chi connectivity index (χ4n) is 2.48. The molecule has 0 saturated carbocycles. The minimum Gasteiger partial charge on any atom is -0.465 e. The number of nitrogens with one attached hydrogen (secondary N) is 1. The van der Waals surface area contributed by atoms with Gasteiger partial charge in [-0.05, 0) is 57.1 Å². The zero-order valence-corrected chi connectivity index (χ0v) is 12.2. The number of benzene rings is 1. The summed E-state index contributed by atoms with van der Waals surface area (Å²) in [4.78, 5) is 13.9. The Morgan fingerprint density at radius 3 is 2.80 bits per heavy atom. The molecule has 0 aromatic heterocycles. The second-order valence-electron chi connectivity index (χ2n) is 5.42. The summed E-state index contributed by atoms with van der Waals surface area (Å²) in [6, 6.07) is 5.40. The van der Waals surface area contributed by atoms with Crippen molar-refractivity contribution in [3.05, 3.63) is 23.8 Å². The second kappa shape index (κ2) is 6.61. The molecule has 0 amide bonds. The van der Waals surface area contributed by atoms with Gasteiger partial charge < -0.3 is 20.7 Å². The third-order valence-electron chi connectivity index (χ3n) is 3.89. The summed E-state index contributed by atoms with van der Waals surface area (Å²) in [5.41, 5.74) is 7.56. The number of esters is 1. The minimum atomic E-state index is -0.398. The predicted octanol–water partition coefficient (Wildman–Crippen LogP) is 1.81. The molecule has 0 unspecified atom stereocenters. The molecule has 3 N–H and O–H groups in total. The molecule has 5 nitrogen and oxygen atoms in total. The van der Waals surface area contributed by atoms with Gasteiger partial charge in [0.2, 0.25) is 0 Å². The standard InChI is InChI=1S/C15H23N3O2/c1-18-7-5-11(6-8-18)10-17-12-3-4-14(16)13(9-12)15(19)20-2/h3-4,9,11,17H,5-8,10,16H2,1-2H3. The van der Waals surface area contributed by atoms with Crippen LogP contribution in [-0.4, -0.2) is 44.7 Å². The Balaban J connectivity index is 1.94. The summed E-state index contributed by atoms with van der Waals surface area (Å²) < 4.78 is 4.73. The number of nitrogens with two attached hydrogens (primary N) is 1. The van der Waals surface area contributed by atoms with E-state index in [9.17, 15) is 4.79 Å². The number of piperidine rings is 1. The molecule has 1 aliphatic heterocycles. The fourth-order valence-corrected chi connectivity index (χ4v) is 2.48. The van der Waals surface area contributed by atoms with Crippen LogP contribution in [0.5, 0.6) is 0 Å². The first-order valence-corrected chi connectivity index (χ1v) is 7.00. The number of methoxy groups -OCH3 is 1. The Labute approximate surface area is 120 Å². The van der Waals surface area contributed by atoms with Gasteiger partial charge in [0.05, 0.1) is 12.7 Å². The number of rotatable bonds is 4. The molecule has 1 aromatic rings. The lowest BCUT2D eigenvalue weighted by Crippen LogP contribution is -2.32. The largest absolute Gasteiger partial charge is 0.465 e. The van der Waals surface area contributed by atoms with Crippen LogP contribution in [0.15, 0.2) is 18.2 Å². The number of likely N-dealkylation sites (tertiary alicyclic amines) is 1. The molecule has 0 aliphatic carbocycles. The van der Waals surface area contributed by atoms with Gasteiger partial charge in [-0.3, -0.25) is 0 Å². The number of nitrogen functional groups attached to an aromatic ring is 1. The SMILES string of the molecule is COC(=O)c1cc(NCC2CCN(C)CC2)ccc1N. The van der Waals surface area contributed by atoms with Crippen LogP contribution >= 0.6 is 0 Å². The van der Waals surface area contributed by atoms with Crippen molar-refractivity contribution in [3.8, 4) is 0 Å². The van der Waals surface area contributed by atoms with E-state index < -0.39 is 5.97 Å². The molecule has 1 fully saturated rings. The monoisotopic (exact) mass is 277 g/mol. The van der Waals surface area contributed by atoms with Gasteiger partial charge in [-0.25, -0.2) is 4.79 Å². The molecular weight excluding hydrogens is 254 g/mol. The smallest absolute Gasteiger partial charge is 0.340 e. The lowest BCUT2D eigenvalue weighted by molar-refractivity contribution is 0.0602. The molecule has 2 rings (SSSR count). The van der Waals surface area contributed by atoms with E-state index >= 15 is 0 Å². The maximum Gasteiger partial charge on any atom is 0.340 e. The number of carbonyl (C=O) groups is 1. The summed E-state index contributed by atoms with van der Waals surface area (Å²) >= 11 is 0. The third kappa shape index (κ3) is 3.63. The van der Waals surface area contributed by atoms with Crippen LogP contribution in [0, 0.1) is 5.92 Å². The van der Waals surface area contributed by atoms with Crippen LogP contribution < -0.4 is 11.1 Å². The van der Waals surface area contributed by atoms with E-state index in [2.05, 4.69) is 17.3 Å². The first kappa shape index (κ1) is 14.7. The zero-order chi connectivity index (χ0) is 14.5. The van der Waals surface area contributed by atoms with E-state index in [1.807, 2.05) is 6.07 Å². The molecular formula is C15H23N3O2. The van der Waals surface area contributed by atoms with E-state index in [-0.39, 0.29) is 0 Å². The Bertz CT molecular complexity index is 468. The third-order valence-corrected chi connectivity index (χ3v) is 3.89. The van der Waals surface area contributed by atoms with Gasteiger partial charge in [-0.15, -0.1) is 0 Å². The Morgan fingerprint density at radius 1 is 1.45 bits per heavy atom. The van der Waals surface area contributed by atoms with Crippen molar-refractivity contribution in [2.45, 2.75) is 12.8 Å². The number of nitrogens with zero attached hydrogens (tertiary/aromatic N) is 1. The summed E-state index contributed by atoms with van der Waals surface area (Å²) in [6.07, 6.45) is 2.42. The van der Waals surface area contributed by atoms with E-state index in [4.69, 9.17) is 10.5 Å². The van der Waals surface area contributed by atoms with Crippen molar-refractivity contribution in [2.24, 2.45) is 5.92 Å². The second-order valence-corrected chi connectivity index (χ2v) is 5.42. The molecule has 110 valence electrons. The van der Waals surface area contributed by atoms with E-state index in [0.717, 1.165) is 25.3 Å². The highest BCUT2D eigenvalue weighted by Gasteiger charge is 2.16. The minimum absolute atomic E-state index is 0.398. The summed E-state index contributed by atoms with van der Waals surface area (Å²) in [6.45, 7) is 3.24. The van der Waals surface area contributed by atoms with E-state index in [0.29, 0.717) is 17.2 Å². The van der Waals surface area contributed by atoms with Crippen molar-refractivity contribution in [1.82, 2.24) is 4.90 Å². The molecule has 1 heterocycles.